The molecule has 0 unspecified atom stereocenters. The Morgan fingerprint density at radius 3 is 2.24 bits per heavy atom. The quantitative estimate of drug-likeness (QED) is 0.909. The fraction of sp³-hybridized carbons (Fsp3) is 0.625. The molecule has 0 spiro atoms. The van der Waals surface area contributed by atoms with Crippen molar-refractivity contribution >= 4 is 10.0 Å². The van der Waals surface area contributed by atoms with Crippen molar-refractivity contribution in [2.45, 2.75) is 43.9 Å². The fourth-order valence-electron chi connectivity index (χ4n) is 2.85. The van der Waals surface area contributed by atoms with Crippen LogP contribution in [0.4, 0.5) is 0 Å². The zero-order chi connectivity index (χ0) is 15.5. The highest BCUT2D eigenvalue weighted by atomic mass is 32.2. The van der Waals surface area contributed by atoms with Gasteiger partial charge in [-0.15, -0.1) is 0 Å². The molecule has 5 heteroatoms. The van der Waals surface area contributed by atoms with Crippen LogP contribution in [0.5, 0.6) is 0 Å². The zero-order valence-corrected chi connectivity index (χ0v) is 13.8. The number of benzene rings is 1. The second-order valence-corrected chi connectivity index (χ2v) is 8.09. The van der Waals surface area contributed by atoms with Crippen molar-refractivity contribution in [3.05, 3.63) is 29.8 Å². The monoisotopic (exact) mass is 310 g/mol. The van der Waals surface area contributed by atoms with Gasteiger partial charge in [0.2, 0.25) is 10.0 Å². The van der Waals surface area contributed by atoms with E-state index in [4.69, 9.17) is 5.73 Å². The standard InChI is InChI=1S/C16H26N2O2S/c1-13(2)15-3-5-16(6-4-15)21(19,20)18-11-8-14(7-10-17)9-12-18/h3-6,13-14H,7-12,17H2,1-2H3. The predicted molar refractivity (Wildman–Crippen MR) is 85.7 cm³/mol. The molecule has 0 saturated carbocycles. The van der Waals surface area contributed by atoms with Crippen molar-refractivity contribution < 1.29 is 8.42 Å². The summed E-state index contributed by atoms with van der Waals surface area (Å²) < 4.78 is 26.9. The molecule has 0 bridgehead atoms. The van der Waals surface area contributed by atoms with E-state index in [1.165, 1.54) is 0 Å². The first-order chi connectivity index (χ1) is 9.95. The minimum atomic E-state index is -3.34. The van der Waals surface area contributed by atoms with Crippen molar-refractivity contribution in [3.63, 3.8) is 0 Å². The van der Waals surface area contributed by atoms with Crippen molar-refractivity contribution in [1.82, 2.24) is 4.31 Å². The molecule has 2 rings (SSSR count). The van der Waals surface area contributed by atoms with E-state index in [9.17, 15) is 8.42 Å². The third-order valence-corrected chi connectivity index (χ3v) is 6.25. The first-order valence-corrected chi connectivity index (χ1v) is 9.19. The lowest BCUT2D eigenvalue weighted by Gasteiger charge is -2.31. The van der Waals surface area contributed by atoms with Crippen LogP contribution in [0.1, 0.15) is 44.6 Å². The summed E-state index contributed by atoms with van der Waals surface area (Å²) in [4.78, 5) is 0.407. The lowest BCUT2D eigenvalue weighted by molar-refractivity contribution is 0.266. The molecule has 4 nitrogen and oxygen atoms in total. The smallest absolute Gasteiger partial charge is 0.243 e. The molecule has 2 N–H and O–H groups in total. The molecule has 1 aliphatic heterocycles. The van der Waals surface area contributed by atoms with Gasteiger partial charge in [0.05, 0.1) is 4.90 Å². The van der Waals surface area contributed by atoms with Gasteiger partial charge in [-0.05, 0) is 55.3 Å². The van der Waals surface area contributed by atoms with Gasteiger partial charge in [0.15, 0.2) is 0 Å². The average Bonchev–Trinajstić information content (AvgIpc) is 2.48. The molecule has 1 fully saturated rings. The van der Waals surface area contributed by atoms with Crippen LogP contribution in [0.3, 0.4) is 0 Å². The molecule has 118 valence electrons. The Labute approximate surface area is 128 Å². The van der Waals surface area contributed by atoms with Crippen molar-refractivity contribution in [1.29, 1.82) is 0 Å². The van der Waals surface area contributed by atoms with Crippen molar-refractivity contribution in [2.24, 2.45) is 11.7 Å². The SMILES string of the molecule is CC(C)c1ccc(S(=O)(=O)N2CCC(CCN)CC2)cc1. The lowest BCUT2D eigenvalue weighted by Crippen LogP contribution is -2.38. The Morgan fingerprint density at radius 2 is 1.76 bits per heavy atom. The van der Waals surface area contributed by atoms with Crippen LogP contribution < -0.4 is 5.73 Å². The molecule has 1 aliphatic rings. The maximum absolute atomic E-state index is 12.6. The summed E-state index contributed by atoms with van der Waals surface area (Å²) in [5, 5.41) is 0. The van der Waals surface area contributed by atoms with Crippen LogP contribution in [-0.4, -0.2) is 32.4 Å². The second-order valence-electron chi connectivity index (χ2n) is 6.15. The van der Waals surface area contributed by atoms with Crippen LogP contribution in [0, 0.1) is 5.92 Å². The number of hydrogen-bond acceptors (Lipinski definition) is 3. The van der Waals surface area contributed by atoms with Crippen LogP contribution >= 0.6 is 0 Å². The Balaban J connectivity index is 2.08. The van der Waals surface area contributed by atoms with E-state index in [0.29, 0.717) is 36.4 Å². The van der Waals surface area contributed by atoms with E-state index in [1.807, 2.05) is 12.1 Å². The first-order valence-electron chi connectivity index (χ1n) is 7.75. The summed E-state index contributed by atoms with van der Waals surface area (Å²) in [7, 11) is -3.34. The topological polar surface area (TPSA) is 63.4 Å². The maximum atomic E-state index is 12.6. The molecule has 0 radical (unpaired) electrons. The van der Waals surface area contributed by atoms with Crippen molar-refractivity contribution in [2.75, 3.05) is 19.6 Å². The Bertz CT molecular complexity index is 544. The molecule has 0 aromatic heterocycles. The Kier molecular flexibility index (Phi) is 5.41. The highest BCUT2D eigenvalue weighted by Gasteiger charge is 2.28. The van der Waals surface area contributed by atoms with Gasteiger partial charge in [0.25, 0.3) is 0 Å². The summed E-state index contributed by atoms with van der Waals surface area (Å²) in [6.45, 7) is 6.11. The molecule has 1 saturated heterocycles. The van der Waals surface area contributed by atoms with Gasteiger partial charge < -0.3 is 5.73 Å². The molecule has 0 amide bonds. The van der Waals surface area contributed by atoms with E-state index in [1.54, 1.807) is 16.4 Å². The van der Waals surface area contributed by atoms with Crippen LogP contribution in [0.25, 0.3) is 0 Å². The van der Waals surface area contributed by atoms with Gasteiger partial charge in [-0.1, -0.05) is 26.0 Å². The summed E-state index contributed by atoms with van der Waals surface area (Å²) in [6, 6.07) is 7.30. The third kappa shape index (κ3) is 3.84. The van der Waals surface area contributed by atoms with Gasteiger partial charge in [-0.25, -0.2) is 8.42 Å². The van der Waals surface area contributed by atoms with E-state index >= 15 is 0 Å². The molecule has 1 heterocycles. The predicted octanol–water partition coefficient (Wildman–Crippen LogP) is 2.56. The largest absolute Gasteiger partial charge is 0.330 e. The van der Waals surface area contributed by atoms with E-state index in [-0.39, 0.29) is 0 Å². The highest BCUT2D eigenvalue weighted by molar-refractivity contribution is 7.89. The molecular weight excluding hydrogens is 284 g/mol. The van der Waals surface area contributed by atoms with Gasteiger partial charge in [-0.3, -0.25) is 0 Å². The van der Waals surface area contributed by atoms with Gasteiger partial charge >= 0.3 is 0 Å². The summed E-state index contributed by atoms with van der Waals surface area (Å²) >= 11 is 0. The number of rotatable bonds is 5. The Hall–Kier alpha value is -0.910. The summed E-state index contributed by atoms with van der Waals surface area (Å²) in [5.41, 5.74) is 6.74. The summed E-state index contributed by atoms with van der Waals surface area (Å²) in [6.07, 6.45) is 2.83. The highest BCUT2D eigenvalue weighted by Crippen LogP contribution is 2.26. The van der Waals surface area contributed by atoms with Gasteiger partial charge in [0.1, 0.15) is 0 Å². The van der Waals surface area contributed by atoms with E-state index in [0.717, 1.165) is 24.8 Å². The Morgan fingerprint density at radius 1 is 1.19 bits per heavy atom. The molecule has 0 atom stereocenters. The molecule has 1 aromatic carbocycles. The van der Waals surface area contributed by atoms with Crippen LogP contribution in [-0.2, 0) is 10.0 Å². The van der Waals surface area contributed by atoms with Gasteiger partial charge in [0, 0.05) is 13.1 Å². The van der Waals surface area contributed by atoms with Crippen LogP contribution in [0.2, 0.25) is 0 Å². The molecule has 0 aliphatic carbocycles. The number of nitrogens with zero attached hydrogens (tertiary/aromatic N) is 1. The molecule has 1 aromatic rings. The number of hydrogen-bond donors (Lipinski definition) is 1. The normalized spacial score (nSPS) is 18.3. The maximum Gasteiger partial charge on any atom is 0.243 e. The second kappa shape index (κ2) is 6.90. The lowest BCUT2D eigenvalue weighted by atomic mass is 9.95. The zero-order valence-electron chi connectivity index (χ0n) is 13.0. The fourth-order valence-corrected chi connectivity index (χ4v) is 4.32. The summed E-state index contributed by atoms with van der Waals surface area (Å²) in [5.74, 6) is 0.985. The number of nitrogens with two attached hydrogens (primary N) is 1. The molecular formula is C16H26N2O2S. The first kappa shape index (κ1) is 16.5. The minimum Gasteiger partial charge on any atom is -0.330 e. The number of piperidine rings is 1. The minimum absolute atomic E-state index is 0.407. The number of sulfonamides is 1. The third-order valence-electron chi connectivity index (χ3n) is 4.33. The van der Waals surface area contributed by atoms with Crippen molar-refractivity contribution in [3.8, 4) is 0 Å². The van der Waals surface area contributed by atoms with E-state index < -0.39 is 10.0 Å². The van der Waals surface area contributed by atoms with E-state index in [2.05, 4.69) is 13.8 Å². The molecule has 21 heavy (non-hydrogen) atoms. The van der Waals surface area contributed by atoms with Crippen LogP contribution in [0.15, 0.2) is 29.2 Å². The average molecular weight is 310 g/mol. The van der Waals surface area contributed by atoms with Gasteiger partial charge in [-0.2, -0.15) is 4.31 Å².